The lowest BCUT2D eigenvalue weighted by Gasteiger charge is -2.39. The molecule has 0 spiro atoms. The summed E-state index contributed by atoms with van der Waals surface area (Å²) in [7, 11) is 10.3. The maximum Gasteiger partial charge on any atom is 0.248 e. The molecule has 3 aliphatic carbocycles. The predicted molar refractivity (Wildman–Crippen MR) is 384 cm³/mol. The van der Waals surface area contributed by atoms with Gasteiger partial charge in [-0.1, -0.05) is 152 Å². The fraction of sp³-hybridized carbons (Fsp3) is 0.840. The molecule has 0 aromatic carbocycles. The SMILES string of the molecule is CC(C)C[C@H]1C(=O)N(C)[C@@H](CC2CCCCC2)C(=O)N[C@H](C(=O)N2CCCCC2)CC(=O)N(C)[C@@H](C(C)C)C(=O)N[C@@H](C)C(=O)N(C)[C@@H](CC2CCCCC2)C(=O)N(C)[C@@H](CC(C)C)C(=O)N(C)CC(=O)N[C@@H]([C@@H](C)O)C(=O)N(C)[C@@H](C(C)C)C(=O)N[C@@H](CCC2CCCCC2)C(=O)N1C. The molecule has 0 aromatic rings. The van der Waals surface area contributed by atoms with Crippen LogP contribution in [0.2, 0.25) is 0 Å². The summed E-state index contributed by atoms with van der Waals surface area (Å²) in [4.78, 5) is 191. The molecule has 2 aliphatic heterocycles. The van der Waals surface area contributed by atoms with Gasteiger partial charge < -0.3 is 65.6 Å². The van der Waals surface area contributed by atoms with Crippen LogP contribution in [0.5, 0.6) is 0 Å². The quantitative estimate of drug-likeness (QED) is 0.128. The van der Waals surface area contributed by atoms with Gasteiger partial charge >= 0.3 is 0 Å². The highest BCUT2D eigenvalue weighted by molar-refractivity contribution is 6.00. The molecular weight excluding hydrogens is 1280 g/mol. The molecular formula is C75H130N12O13. The minimum atomic E-state index is -1.62. The van der Waals surface area contributed by atoms with Crippen LogP contribution >= 0.6 is 0 Å². The fourth-order valence-corrected chi connectivity index (χ4v) is 16.1. The zero-order chi connectivity index (χ0) is 74.6. The lowest BCUT2D eigenvalue weighted by atomic mass is 9.84. The average molecular weight is 1410 g/mol. The lowest BCUT2D eigenvalue weighted by molar-refractivity contribution is -0.152. The number of amides is 12. The standard InChI is InChI=1S/C75H130N12O13/c1-46(2)40-58-72(97)80(11)45-61(89)79-63(51(10)88)75(100)86(17)65(49(7)8)68(93)77-55(37-36-52-30-22-18-23-31-52)70(95)83(14)59(41-47(3)4)73(98)81(12)57(42-53-32-24-19-25-33-53)66(91)78-56(71(96)87-38-28-21-29-39-87)44-62(90)85(16)64(48(5)6)67(92)76-50(9)69(94)82(13)60(74(99)84(58)15)43-54-34-26-20-27-35-54/h46-60,63-65,88H,18-45H2,1-17H3,(H,76,92)(H,77,93)(H,78,91)(H,79,89)/t50-,51+,55-,56-,57-,58-,59-,60-,63-,64-,65-/m0/s1. The van der Waals surface area contributed by atoms with Crippen molar-refractivity contribution in [3.8, 4) is 0 Å². The number of nitrogens with zero attached hydrogens (tertiary/aromatic N) is 8. The number of carbonyl (C=O) groups is 12. The van der Waals surface area contributed by atoms with Crippen LogP contribution in [0, 0.1) is 41.4 Å². The minimum Gasteiger partial charge on any atom is -0.391 e. The molecule has 100 heavy (non-hydrogen) atoms. The molecule has 5 aliphatic rings. The van der Waals surface area contributed by atoms with Gasteiger partial charge in [0.05, 0.1) is 19.1 Å². The monoisotopic (exact) mass is 1410 g/mol. The molecule has 11 atom stereocenters. The Bertz CT molecular complexity index is 2760. The third-order valence-corrected chi connectivity index (χ3v) is 22.2. The van der Waals surface area contributed by atoms with Crippen LogP contribution in [-0.2, 0) is 57.5 Å². The molecule has 5 fully saturated rings. The van der Waals surface area contributed by atoms with Crippen molar-refractivity contribution in [1.29, 1.82) is 0 Å². The summed E-state index contributed by atoms with van der Waals surface area (Å²) in [6.07, 6.45) is 15.8. The van der Waals surface area contributed by atoms with Crippen LogP contribution < -0.4 is 21.3 Å². The van der Waals surface area contributed by atoms with Crippen molar-refractivity contribution in [3.63, 3.8) is 0 Å². The summed E-state index contributed by atoms with van der Waals surface area (Å²) >= 11 is 0. The van der Waals surface area contributed by atoms with Gasteiger partial charge in [0.1, 0.15) is 60.4 Å². The maximum atomic E-state index is 15.7. The molecule has 5 rings (SSSR count). The van der Waals surface area contributed by atoms with Gasteiger partial charge in [0.2, 0.25) is 70.9 Å². The van der Waals surface area contributed by atoms with Gasteiger partial charge in [-0.3, -0.25) is 57.5 Å². The van der Waals surface area contributed by atoms with Gasteiger partial charge in [0.15, 0.2) is 0 Å². The molecule has 25 heteroatoms. The van der Waals surface area contributed by atoms with Crippen molar-refractivity contribution in [1.82, 2.24) is 60.5 Å². The number of likely N-dealkylation sites (N-methyl/N-ethyl adjacent to an activating group) is 7. The summed E-state index contributed by atoms with van der Waals surface area (Å²) in [5.74, 6) is -8.78. The zero-order valence-electron chi connectivity index (χ0n) is 64.1. The van der Waals surface area contributed by atoms with Crippen LogP contribution in [0.25, 0.3) is 0 Å². The Morgan fingerprint density at radius 1 is 0.440 bits per heavy atom. The molecule has 0 unspecified atom stereocenters. The van der Waals surface area contributed by atoms with Crippen molar-refractivity contribution < 1.29 is 62.6 Å². The van der Waals surface area contributed by atoms with Gasteiger partial charge in [-0.15, -0.1) is 0 Å². The second-order valence-electron chi connectivity index (χ2n) is 31.9. The summed E-state index contributed by atoms with van der Waals surface area (Å²) in [6, 6.07) is -12.5. The fourth-order valence-electron chi connectivity index (χ4n) is 16.1. The third kappa shape index (κ3) is 23.6. The molecule has 0 aromatic heterocycles. The summed E-state index contributed by atoms with van der Waals surface area (Å²) in [5.41, 5.74) is 0. The Balaban J connectivity index is 1.66. The molecule has 568 valence electrons. The van der Waals surface area contributed by atoms with E-state index in [1.807, 2.05) is 27.7 Å². The molecule has 25 nitrogen and oxygen atoms in total. The third-order valence-electron chi connectivity index (χ3n) is 22.2. The highest BCUT2D eigenvalue weighted by Crippen LogP contribution is 2.33. The number of aliphatic hydroxyl groups excluding tert-OH is 1. The highest BCUT2D eigenvalue weighted by Gasteiger charge is 2.45. The van der Waals surface area contributed by atoms with Crippen molar-refractivity contribution in [3.05, 3.63) is 0 Å². The second kappa shape index (κ2) is 39.9. The van der Waals surface area contributed by atoms with E-state index in [1.165, 1.54) is 87.7 Å². The Hall–Kier alpha value is -6.40. The summed E-state index contributed by atoms with van der Waals surface area (Å²) in [5, 5.41) is 22.7. The van der Waals surface area contributed by atoms with E-state index in [-0.39, 0.29) is 61.7 Å². The summed E-state index contributed by atoms with van der Waals surface area (Å²) in [6.45, 7) is 17.6. The van der Waals surface area contributed by atoms with Gasteiger partial charge in [0.25, 0.3) is 0 Å². The van der Waals surface area contributed by atoms with E-state index in [9.17, 15) is 38.7 Å². The van der Waals surface area contributed by atoms with E-state index in [0.29, 0.717) is 32.4 Å². The van der Waals surface area contributed by atoms with Gasteiger partial charge in [-0.05, 0) is 113 Å². The van der Waals surface area contributed by atoms with Gasteiger partial charge in [-0.2, -0.15) is 0 Å². The molecule has 0 bridgehead atoms. The number of piperidine rings is 1. The first kappa shape index (κ1) is 84.3. The van der Waals surface area contributed by atoms with Crippen molar-refractivity contribution in [2.45, 2.75) is 296 Å². The first-order chi connectivity index (χ1) is 47.1. The number of likely N-dealkylation sites (tertiary alicyclic amines) is 1. The van der Waals surface area contributed by atoms with Crippen molar-refractivity contribution in [2.24, 2.45) is 41.4 Å². The number of aliphatic hydroxyl groups is 1. The molecule has 12 amide bonds. The highest BCUT2D eigenvalue weighted by atomic mass is 16.3. The van der Waals surface area contributed by atoms with Crippen molar-refractivity contribution in [2.75, 3.05) is 69.0 Å². The number of rotatable bonds is 15. The number of carbonyl (C=O) groups excluding carboxylic acids is 12. The minimum absolute atomic E-state index is 0.0152. The Kier molecular flexibility index (Phi) is 33.6. The molecule has 3 saturated carbocycles. The van der Waals surface area contributed by atoms with E-state index in [2.05, 4.69) is 21.3 Å². The molecule has 5 N–H and O–H groups in total. The molecule has 2 heterocycles. The topological polar surface area (TPSA) is 299 Å². The van der Waals surface area contributed by atoms with Crippen LogP contribution in [0.4, 0.5) is 0 Å². The van der Waals surface area contributed by atoms with E-state index in [0.717, 1.165) is 113 Å². The van der Waals surface area contributed by atoms with E-state index < -0.39 is 162 Å². The first-order valence-corrected chi connectivity index (χ1v) is 38.1. The van der Waals surface area contributed by atoms with Crippen LogP contribution in [0.1, 0.15) is 230 Å². The van der Waals surface area contributed by atoms with Gasteiger partial charge in [-0.25, -0.2) is 0 Å². The smallest absolute Gasteiger partial charge is 0.248 e. The normalized spacial score (nSPS) is 28.5. The second-order valence-corrected chi connectivity index (χ2v) is 31.9. The number of hydrogen-bond donors (Lipinski definition) is 5. The lowest BCUT2D eigenvalue weighted by Crippen LogP contribution is -2.62. The van der Waals surface area contributed by atoms with Crippen LogP contribution in [-0.4, -0.2) is 251 Å². The van der Waals surface area contributed by atoms with Crippen molar-refractivity contribution >= 4 is 70.9 Å². The predicted octanol–water partition coefficient (Wildman–Crippen LogP) is 5.87. The summed E-state index contributed by atoms with van der Waals surface area (Å²) < 4.78 is 0. The van der Waals surface area contributed by atoms with E-state index >= 15 is 24.0 Å². The first-order valence-electron chi connectivity index (χ1n) is 38.1. The number of nitrogens with one attached hydrogen (secondary N) is 4. The Morgan fingerprint density at radius 3 is 1.37 bits per heavy atom. The van der Waals surface area contributed by atoms with Crippen LogP contribution in [0.15, 0.2) is 0 Å². The van der Waals surface area contributed by atoms with Crippen LogP contribution in [0.3, 0.4) is 0 Å². The number of hydrogen-bond acceptors (Lipinski definition) is 13. The Morgan fingerprint density at radius 2 is 0.870 bits per heavy atom. The largest absolute Gasteiger partial charge is 0.391 e. The van der Waals surface area contributed by atoms with E-state index in [4.69, 9.17) is 0 Å². The molecule has 2 saturated heterocycles. The van der Waals surface area contributed by atoms with E-state index in [1.54, 1.807) is 32.6 Å². The average Bonchev–Trinajstić information content (AvgIpc) is 0.820. The zero-order valence-corrected chi connectivity index (χ0v) is 64.1. The van der Waals surface area contributed by atoms with Gasteiger partial charge in [0, 0.05) is 62.4 Å². The molecule has 0 radical (unpaired) electrons. The Labute approximate surface area is 598 Å². The maximum absolute atomic E-state index is 15.7.